The molecule has 2 aliphatic rings. The smallest absolute Gasteiger partial charge is 0.141 e. The first kappa shape index (κ1) is 34.4. The highest BCUT2D eigenvalue weighted by atomic mass is 35.7. The molecule has 2 rings (SSSR count). The fourth-order valence-corrected chi connectivity index (χ4v) is 7.93. The molecule has 2 aliphatic heterocycles. The molecule has 0 spiro atoms. The van der Waals surface area contributed by atoms with E-state index in [1.165, 1.54) is 9.81 Å². The third-order valence-corrected chi connectivity index (χ3v) is 11.3. The van der Waals surface area contributed by atoms with E-state index >= 15 is 0 Å². The van der Waals surface area contributed by atoms with Crippen LogP contribution >= 0.6 is 34.1 Å². The van der Waals surface area contributed by atoms with Gasteiger partial charge < -0.3 is 0 Å². The Morgan fingerprint density at radius 1 is 0.795 bits per heavy atom. The van der Waals surface area contributed by atoms with E-state index in [2.05, 4.69) is 53.7 Å². The summed E-state index contributed by atoms with van der Waals surface area (Å²) in [7, 11) is -5.90. The summed E-state index contributed by atoms with van der Waals surface area (Å²) in [6.07, 6.45) is 15.9. The number of halogens is 2. The average Bonchev–Trinajstić information content (AvgIpc) is 2.72. The lowest BCUT2D eigenvalue weighted by atomic mass is 9.89. The predicted molar refractivity (Wildman–Crippen MR) is 163 cm³/mol. The SMILES string of the molecule is CC(C)(C)C1=CC(=CC=C(Cl)C=CC2=CC(C(C)(C)C)=S(O[Cl+3]([O-])([O-])[O-])C(C(C)(C)C)=C2)C=C(C(C)(C)C)S1. The van der Waals surface area contributed by atoms with Crippen LogP contribution in [0.5, 0.6) is 0 Å². The van der Waals surface area contributed by atoms with Gasteiger partial charge in [0, 0.05) is 14.8 Å². The molecule has 218 valence electrons. The first-order valence-electron chi connectivity index (χ1n) is 12.9. The number of allylic oxidation sites excluding steroid dienone is 14. The monoisotopic (exact) mass is 614 g/mol. The van der Waals surface area contributed by atoms with Crippen LogP contribution in [-0.4, -0.2) is 4.86 Å². The standard InChI is InChI=1S/C31H44Cl2O4S2/c1-28(2,3)24-17-21(18-25(38-24)29(4,5)6)13-15-23(32)16-14-22-19-26(30(7,8)9)39(37-33(34,35)36)27(20-22)31(10,11)12/h13-20H,1-12H3. The zero-order valence-corrected chi connectivity index (χ0v) is 28.5. The fourth-order valence-electron chi connectivity index (χ4n) is 3.56. The maximum Gasteiger partial charge on any atom is 0.141 e. The normalized spacial score (nSPS) is 20.6. The Morgan fingerprint density at radius 3 is 1.72 bits per heavy atom. The van der Waals surface area contributed by atoms with Crippen LogP contribution in [0, 0.1) is 31.9 Å². The number of hydrogen-bond donors (Lipinski definition) is 0. The molecule has 0 N–H and O–H groups in total. The van der Waals surface area contributed by atoms with Gasteiger partial charge in [0.1, 0.15) is 14.5 Å². The number of hydrogen-bond acceptors (Lipinski definition) is 5. The van der Waals surface area contributed by atoms with Gasteiger partial charge in [-0.15, -0.1) is 0 Å². The molecule has 0 aromatic rings. The summed E-state index contributed by atoms with van der Waals surface area (Å²) < 4.78 is 39.8. The van der Waals surface area contributed by atoms with Gasteiger partial charge in [0.15, 0.2) is 0 Å². The molecule has 0 saturated heterocycles. The van der Waals surface area contributed by atoms with Crippen molar-refractivity contribution in [3.8, 4) is 0 Å². The van der Waals surface area contributed by atoms with E-state index < -0.39 is 31.8 Å². The van der Waals surface area contributed by atoms with Gasteiger partial charge in [-0.3, -0.25) is 0 Å². The van der Waals surface area contributed by atoms with Crippen molar-refractivity contribution in [3.63, 3.8) is 0 Å². The number of thioether (sulfide) groups is 1. The van der Waals surface area contributed by atoms with Crippen molar-refractivity contribution in [2.45, 2.75) is 83.1 Å². The quantitative estimate of drug-likeness (QED) is 0.238. The molecule has 1 atom stereocenters. The van der Waals surface area contributed by atoms with Gasteiger partial charge in [0.05, 0.1) is 10.2 Å². The van der Waals surface area contributed by atoms with Crippen molar-refractivity contribution in [3.05, 3.63) is 79.5 Å². The first-order chi connectivity index (χ1) is 17.4. The molecule has 8 heteroatoms. The highest BCUT2D eigenvalue weighted by Crippen LogP contribution is 2.49. The van der Waals surface area contributed by atoms with Crippen molar-refractivity contribution in [1.82, 2.24) is 0 Å². The molecule has 0 aromatic heterocycles. The van der Waals surface area contributed by atoms with E-state index in [1.54, 1.807) is 0 Å². The number of rotatable bonds is 5. The van der Waals surface area contributed by atoms with Crippen molar-refractivity contribution >= 4 is 39.0 Å². The van der Waals surface area contributed by atoms with E-state index in [0.29, 0.717) is 5.03 Å². The second kappa shape index (κ2) is 12.2. The van der Waals surface area contributed by atoms with Crippen molar-refractivity contribution in [2.24, 2.45) is 21.7 Å². The summed E-state index contributed by atoms with van der Waals surface area (Å²) in [4.78, 5) is 4.11. The summed E-state index contributed by atoms with van der Waals surface area (Å²) in [5.41, 5.74) is 1.19. The van der Waals surface area contributed by atoms with Gasteiger partial charge in [0.25, 0.3) is 0 Å². The average molecular weight is 616 g/mol. The van der Waals surface area contributed by atoms with E-state index in [9.17, 15) is 14.0 Å². The third-order valence-electron chi connectivity index (χ3n) is 5.78. The molecule has 39 heavy (non-hydrogen) atoms. The van der Waals surface area contributed by atoms with Crippen LogP contribution in [0.15, 0.2) is 79.5 Å². The Hall–Kier alpha value is -0.830. The maximum absolute atomic E-state index is 11.6. The van der Waals surface area contributed by atoms with Crippen LogP contribution in [-0.2, 0) is 3.74 Å². The zero-order chi connectivity index (χ0) is 30.2. The van der Waals surface area contributed by atoms with Crippen LogP contribution in [0.25, 0.3) is 0 Å². The molecular formula is C31H44Cl2O4S2. The summed E-state index contributed by atoms with van der Waals surface area (Å²) >= 11 is 8.47. The highest BCUT2D eigenvalue weighted by molar-refractivity contribution is 8.15. The summed E-state index contributed by atoms with van der Waals surface area (Å²) in [6, 6.07) is 0. The van der Waals surface area contributed by atoms with Crippen molar-refractivity contribution in [1.29, 1.82) is 0 Å². The Morgan fingerprint density at radius 2 is 1.31 bits per heavy atom. The summed E-state index contributed by atoms with van der Waals surface area (Å²) in [5, 5.41) is 0.558. The highest BCUT2D eigenvalue weighted by Gasteiger charge is 2.38. The molecule has 0 aliphatic carbocycles. The van der Waals surface area contributed by atoms with E-state index in [0.717, 1.165) is 20.9 Å². The predicted octanol–water partition coefficient (Wildman–Crippen LogP) is 7.38. The second-order valence-electron chi connectivity index (χ2n) is 13.9. The minimum Gasteiger partial charge on any atom is -0.182 e. The van der Waals surface area contributed by atoms with Crippen LogP contribution in [0.1, 0.15) is 83.1 Å². The Bertz CT molecular complexity index is 1180. The van der Waals surface area contributed by atoms with E-state index in [4.69, 9.17) is 15.3 Å². The summed E-state index contributed by atoms with van der Waals surface area (Å²) in [6.45, 7) is 25.2. The van der Waals surface area contributed by atoms with Gasteiger partial charge in [-0.05, 0) is 79.1 Å². The van der Waals surface area contributed by atoms with Gasteiger partial charge in [-0.1, -0.05) is 119 Å². The molecule has 0 aromatic carbocycles. The second-order valence-corrected chi connectivity index (χ2v) is 18.1. The molecular weight excluding hydrogens is 571 g/mol. The maximum atomic E-state index is 11.6. The Kier molecular flexibility index (Phi) is 10.7. The Labute approximate surface area is 250 Å². The molecule has 0 saturated carbocycles. The van der Waals surface area contributed by atoms with Gasteiger partial charge in [-0.2, -0.15) is 14.0 Å². The fraction of sp³-hybridized carbons (Fsp3) is 0.516. The van der Waals surface area contributed by atoms with E-state index in [-0.39, 0.29) is 10.8 Å². The zero-order valence-electron chi connectivity index (χ0n) is 25.3. The molecule has 0 amide bonds. The van der Waals surface area contributed by atoms with Crippen molar-refractivity contribution < 1.29 is 28.0 Å². The van der Waals surface area contributed by atoms with Crippen LogP contribution in [0.2, 0.25) is 0 Å². The molecule has 2 heterocycles. The lowest BCUT2D eigenvalue weighted by Crippen LogP contribution is -2.60. The molecule has 1 unspecified atom stereocenters. The van der Waals surface area contributed by atoms with Gasteiger partial charge in [-0.25, -0.2) is 0 Å². The van der Waals surface area contributed by atoms with Crippen LogP contribution in [0.3, 0.4) is 0 Å². The Balaban J connectivity index is 2.51. The first-order valence-corrected chi connectivity index (χ1v) is 16.5. The van der Waals surface area contributed by atoms with Gasteiger partial charge in [0.2, 0.25) is 0 Å². The topological polar surface area (TPSA) is 78.4 Å². The molecule has 0 fully saturated rings. The minimum absolute atomic E-state index is 0.0426. The molecule has 0 bridgehead atoms. The molecule has 0 radical (unpaired) electrons. The third kappa shape index (κ3) is 10.5. The van der Waals surface area contributed by atoms with Crippen molar-refractivity contribution in [2.75, 3.05) is 0 Å². The lowest BCUT2D eigenvalue weighted by molar-refractivity contribution is -1.91. The lowest BCUT2D eigenvalue weighted by Gasteiger charge is -2.31. The summed E-state index contributed by atoms with van der Waals surface area (Å²) in [5.74, 6) is 0. The van der Waals surface area contributed by atoms with Crippen LogP contribution in [0.4, 0.5) is 0 Å². The minimum atomic E-state index is -4.59. The molecule has 4 nitrogen and oxygen atoms in total. The van der Waals surface area contributed by atoms with Gasteiger partial charge >= 0.3 is 0 Å². The van der Waals surface area contributed by atoms with E-state index in [1.807, 2.05) is 89.8 Å². The largest absolute Gasteiger partial charge is 0.182 e. The van der Waals surface area contributed by atoms with Crippen LogP contribution < -0.4 is 14.0 Å².